The van der Waals surface area contributed by atoms with Gasteiger partial charge in [0.05, 0.1) is 5.69 Å². The van der Waals surface area contributed by atoms with Crippen LogP contribution in [0.1, 0.15) is 24.1 Å². The van der Waals surface area contributed by atoms with Crippen LogP contribution in [0.5, 0.6) is 5.75 Å². The molecule has 4 heteroatoms. The number of phenolic OH excluding ortho intramolecular Hbond substituents is 1. The molecule has 0 aromatic heterocycles. The van der Waals surface area contributed by atoms with Gasteiger partial charge in [0.15, 0.2) is 0 Å². The van der Waals surface area contributed by atoms with E-state index in [1.54, 1.807) is 36.4 Å². The van der Waals surface area contributed by atoms with Crippen LogP contribution in [0.3, 0.4) is 0 Å². The first kappa shape index (κ1) is 12.9. The van der Waals surface area contributed by atoms with Crippen molar-refractivity contribution >= 4 is 5.69 Å². The second-order valence-corrected chi connectivity index (χ2v) is 4.23. The van der Waals surface area contributed by atoms with Crippen molar-refractivity contribution in [1.82, 2.24) is 0 Å². The van der Waals surface area contributed by atoms with Crippen LogP contribution >= 0.6 is 0 Å². The van der Waals surface area contributed by atoms with E-state index in [2.05, 4.69) is 5.32 Å². The highest BCUT2D eigenvalue weighted by atomic mass is 19.1. The molecule has 0 aliphatic carbocycles. The third-order valence-corrected chi connectivity index (χ3v) is 2.89. The van der Waals surface area contributed by atoms with Crippen LogP contribution in [0, 0.1) is 17.1 Å². The summed E-state index contributed by atoms with van der Waals surface area (Å²) in [4.78, 5) is 0. The van der Waals surface area contributed by atoms with Gasteiger partial charge in [-0.05, 0) is 36.8 Å². The highest BCUT2D eigenvalue weighted by Crippen LogP contribution is 2.24. The van der Waals surface area contributed by atoms with Crippen LogP contribution in [0.4, 0.5) is 10.1 Å². The third kappa shape index (κ3) is 2.83. The molecule has 2 aromatic carbocycles. The summed E-state index contributed by atoms with van der Waals surface area (Å²) in [7, 11) is 0. The molecular formula is C15H13FN2O. The Morgan fingerprint density at radius 3 is 2.53 bits per heavy atom. The number of aromatic hydroxyl groups is 1. The summed E-state index contributed by atoms with van der Waals surface area (Å²) in [5.74, 6) is -0.343. The lowest BCUT2D eigenvalue weighted by molar-refractivity contribution is 0.475. The summed E-state index contributed by atoms with van der Waals surface area (Å²) in [6.07, 6.45) is 0. The largest absolute Gasteiger partial charge is 0.508 e. The first-order valence-corrected chi connectivity index (χ1v) is 5.86. The molecule has 0 saturated heterocycles. The van der Waals surface area contributed by atoms with E-state index in [-0.39, 0.29) is 17.4 Å². The van der Waals surface area contributed by atoms with E-state index in [1.165, 1.54) is 6.07 Å². The minimum absolute atomic E-state index is 0.00753. The molecule has 0 amide bonds. The molecule has 0 aliphatic heterocycles. The second-order valence-electron chi connectivity index (χ2n) is 4.23. The lowest BCUT2D eigenvalue weighted by atomic mass is 10.1. The molecule has 1 atom stereocenters. The average Bonchev–Trinajstić information content (AvgIpc) is 2.39. The summed E-state index contributed by atoms with van der Waals surface area (Å²) in [5, 5.41) is 21.3. The van der Waals surface area contributed by atoms with Gasteiger partial charge in [-0.15, -0.1) is 0 Å². The van der Waals surface area contributed by atoms with Crippen molar-refractivity contribution in [3.63, 3.8) is 0 Å². The topological polar surface area (TPSA) is 56.0 Å². The molecule has 2 aromatic rings. The molecular weight excluding hydrogens is 243 g/mol. The fourth-order valence-corrected chi connectivity index (χ4v) is 1.84. The van der Waals surface area contributed by atoms with Crippen LogP contribution in [0.2, 0.25) is 0 Å². The number of nitrogens with zero attached hydrogens (tertiary/aromatic N) is 1. The molecule has 0 radical (unpaired) electrons. The van der Waals surface area contributed by atoms with E-state index in [9.17, 15) is 9.50 Å². The Morgan fingerprint density at radius 2 is 1.89 bits per heavy atom. The van der Waals surface area contributed by atoms with E-state index in [4.69, 9.17) is 5.26 Å². The summed E-state index contributed by atoms with van der Waals surface area (Å²) in [6.45, 7) is 1.90. The molecule has 2 rings (SSSR count). The van der Waals surface area contributed by atoms with Gasteiger partial charge in [-0.3, -0.25) is 0 Å². The van der Waals surface area contributed by atoms with Crippen LogP contribution < -0.4 is 5.32 Å². The average molecular weight is 256 g/mol. The van der Waals surface area contributed by atoms with Crippen LogP contribution in [-0.2, 0) is 0 Å². The molecule has 0 heterocycles. The Hall–Kier alpha value is -2.54. The van der Waals surface area contributed by atoms with Crippen LogP contribution in [0.15, 0.2) is 42.5 Å². The van der Waals surface area contributed by atoms with E-state index >= 15 is 0 Å². The normalized spacial score (nSPS) is 11.6. The van der Waals surface area contributed by atoms with Crippen LogP contribution in [-0.4, -0.2) is 5.11 Å². The van der Waals surface area contributed by atoms with Crippen molar-refractivity contribution in [3.05, 3.63) is 59.4 Å². The summed E-state index contributed by atoms with van der Waals surface area (Å²) >= 11 is 0. The van der Waals surface area contributed by atoms with Gasteiger partial charge in [-0.2, -0.15) is 5.26 Å². The van der Waals surface area contributed by atoms with Gasteiger partial charge in [0.1, 0.15) is 23.2 Å². The number of hydrogen-bond donors (Lipinski definition) is 2. The maximum Gasteiger partial charge on any atom is 0.143 e. The Bertz CT molecular complexity index is 617. The standard InChI is InChI=1S/C15H13FN2O/c1-10(11-5-7-12(19)8-6-11)18-15-4-2-3-14(16)13(15)9-17/h2-8,10,18-19H,1H3. The number of phenols is 1. The smallest absolute Gasteiger partial charge is 0.143 e. The van der Waals surface area contributed by atoms with Gasteiger partial charge in [0, 0.05) is 6.04 Å². The van der Waals surface area contributed by atoms with Gasteiger partial charge in [-0.25, -0.2) is 4.39 Å². The highest BCUT2D eigenvalue weighted by molar-refractivity contribution is 5.58. The predicted molar refractivity (Wildman–Crippen MR) is 71.3 cm³/mol. The number of anilines is 1. The molecule has 0 saturated carbocycles. The quantitative estimate of drug-likeness (QED) is 0.882. The molecule has 1 unspecified atom stereocenters. The van der Waals surface area contributed by atoms with E-state index in [0.717, 1.165) is 5.56 Å². The van der Waals surface area contributed by atoms with E-state index in [0.29, 0.717) is 5.69 Å². The minimum Gasteiger partial charge on any atom is -0.508 e. The monoisotopic (exact) mass is 256 g/mol. The van der Waals surface area contributed by atoms with E-state index < -0.39 is 5.82 Å². The first-order chi connectivity index (χ1) is 9.11. The van der Waals surface area contributed by atoms with Gasteiger partial charge in [0.2, 0.25) is 0 Å². The van der Waals surface area contributed by atoms with Crippen molar-refractivity contribution in [1.29, 1.82) is 5.26 Å². The Labute approximate surface area is 110 Å². The maximum absolute atomic E-state index is 13.5. The molecule has 0 bridgehead atoms. The summed E-state index contributed by atoms with van der Waals surface area (Å²) in [6, 6.07) is 13.0. The third-order valence-electron chi connectivity index (χ3n) is 2.89. The van der Waals surface area contributed by atoms with Crippen LogP contribution in [0.25, 0.3) is 0 Å². The molecule has 19 heavy (non-hydrogen) atoms. The number of rotatable bonds is 3. The predicted octanol–water partition coefficient (Wildman–Crippen LogP) is 3.58. The number of benzene rings is 2. The Morgan fingerprint density at radius 1 is 1.21 bits per heavy atom. The van der Waals surface area contributed by atoms with Gasteiger partial charge in [0.25, 0.3) is 0 Å². The molecule has 0 spiro atoms. The minimum atomic E-state index is -0.537. The van der Waals surface area contributed by atoms with Crippen molar-refractivity contribution in [2.24, 2.45) is 0 Å². The van der Waals surface area contributed by atoms with Crippen molar-refractivity contribution < 1.29 is 9.50 Å². The summed E-state index contributed by atoms with van der Waals surface area (Å²) < 4.78 is 13.5. The number of halogens is 1. The van der Waals surface area contributed by atoms with Gasteiger partial charge >= 0.3 is 0 Å². The zero-order valence-corrected chi connectivity index (χ0v) is 10.4. The zero-order chi connectivity index (χ0) is 13.8. The lowest BCUT2D eigenvalue weighted by Gasteiger charge is -2.16. The Kier molecular flexibility index (Phi) is 3.67. The highest BCUT2D eigenvalue weighted by Gasteiger charge is 2.11. The number of nitriles is 1. The fraction of sp³-hybridized carbons (Fsp3) is 0.133. The Balaban J connectivity index is 2.24. The van der Waals surface area contributed by atoms with E-state index in [1.807, 2.05) is 13.0 Å². The maximum atomic E-state index is 13.5. The molecule has 96 valence electrons. The number of nitrogens with one attached hydrogen (secondary N) is 1. The SMILES string of the molecule is CC(Nc1cccc(F)c1C#N)c1ccc(O)cc1. The molecule has 2 N–H and O–H groups in total. The van der Waals surface area contributed by atoms with Crippen molar-refractivity contribution in [3.8, 4) is 11.8 Å². The number of hydrogen-bond acceptors (Lipinski definition) is 3. The van der Waals surface area contributed by atoms with Crippen molar-refractivity contribution in [2.75, 3.05) is 5.32 Å². The molecule has 0 aliphatic rings. The molecule has 0 fully saturated rings. The van der Waals surface area contributed by atoms with Gasteiger partial charge in [-0.1, -0.05) is 18.2 Å². The molecule has 3 nitrogen and oxygen atoms in total. The zero-order valence-electron chi connectivity index (χ0n) is 10.4. The fourth-order valence-electron chi connectivity index (χ4n) is 1.84. The first-order valence-electron chi connectivity index (χ1n) is 5.86. The van der Waals surface area contributed by atoms with Crippen molar-refractivity contribution in [2.45, 2.75) is 13.0 Å². The van der Waals surface area contributed by atoms with Gasteiger partial charge < -0.3 is 10.4 Å². The summed E-state index contributed by atoms with van der Waals surface area (Å²) in [5.41, 5.74) is 1.40. The lowest BCUT2D eigenvalue weighted by Crippen LogP contribution is -2.08. The second kappa shape index (κ2) is 5.40.